The van der Waals surface area contributed by atoms with E-state index < -0.39 is 21.9 Å². The van der Waals surface area contributed by atoms with Gasteiger partial charge in [0.1, 0.15) is 10.8 Å². The molecule has 1 aromatic carbocycles. The first-order valence-corrected chi connectivity index (χ1v) is 14.3. The number of piperidine rings is 1. The molecule has 0 unspecified atom stereocenters. The molecular formula is C21H21Cl2N3O5S3. The van der Waals surface area contributed by atoms with Crippen molar-refractivity contribution in [1.29, 1.82) is 0 Å². The van der Waals surface area contributed by atoms with Crippen LogP contribution in [0, 0.1) is 5.92 Å². The van der Waals surface area contributed by atoms with E-state index in [9.17, 15) is 18.0 Å². The number of benzene rings is 1. The van der Waals surface area contributed by atoms with Crippen LogP contribution in [0.15, 0.2) is 39.5 Å². The first-order chi connectivity index (χ1) is 16.2. The minimum atomic E-state index is -3.64. The number of esters is 1. The number of nitrogens with zero attached hydrogens (tertiary/aromatic N) is 3. The second-order valence-corrected chi connectivity index (χ2v) is 12.9. The quantitative estimate of drug-likeness (QED) is 0.421. The Morgan fingerprint density at radius 1 is 1.15 bits per heavy atom. The van der Waals surface area contributed by atoms with Crippen molar-refractivity contribution in [3.05, 3.63) is 44.5 Å². The van der Waals surface area contributed by atoms with Crippen molar-refractivity contribution in [3.63, 3.8) is 0 Å². The van der Waals surface area contributed by atoms with E-state index in [0.717, 1.165) is 21.6 Å². The van der Waals surface area contributed by atoms with Crippen molar-refractivity contribution in [2.45, 2.75) is 30.5 Å². The van der Waals surface area contributed by atoms with Gasteiger partial charge in [0.05, 0.1) is 21.2 Å². The van der Waals surface area contributed by atoms with Crippen molar-refractivity contribution in [3.8, 4) is 0 Å². The van der Waals surface area contributed by atoms with E-state index in [4.69, 9.17) is 27.9 Å². The molecule has 0 bridgehead atoms. The van der Waals surface area contributed by atoms with Gasteiger partial charge >= 0.3 is 5.97 Å². The van der Waals surface area contributed by atoms with Gasteiger partial charge in [-0.15, -0.1) is 11.3 Å². The number of carbonyl (C=O) groups is 2. The van der Waals surface area contributed by atoms with Crippen LogP contribution < -0.4 is 4.80 Å². The maximum absolute atomic E-state index is 13.0. The highest BCUT2D eigenvalue weighted by molar-refractivity contribution is 7.91. The molecule has 1 saturated heterocycles. The van der Waals surface area contributed by atoms with Crippen LogP contribution in [0.4, 0.5) is 0 Å². The zero-order valence-electron chi connectivity index (χ0n) is 18.1. The summed E-state index contributed by atoms with van der Waals surface area (Å²) >= 11 is 14.3. The number of sulfonamides is 1. The molecule has 34 heavy (non-hydrogen) atoms. The number of aromatic nitrogens is 1. The van der Waals surface area contributed by atoms with Crippen molar-refractivity contribution in [1.82, 2.24) is 8.87 Å². The maximum atomic E-state index is 13.0. The fourth-order valence-corrected chi connectivity index (χ4v) is 8.13. The predicted octanol–water partition coefficient (Wildman–Crippen LogP) is 4.16. The van der Waals surface area contributed by atoms with Crippen LogP contribution in [0.2, 0.25) is 9.36 Å². The predicted molar refractivity (Wildman–Crippen MR) is 133 cm³/mol. The molecule has 1 aliphatic heterocycles. The highest BCUT2D eigenvalue weighted by Crippen LogP contribution is 2.31. The number of amides is 1. The Hall–Kier alpha value is -1.76. The molecule has 4 rings (SSSR count). The zero-order chi connectivity index (χ0) is 24.5. The van der Waals surface area contributed by atoms with Crippen LogP contribution in [0.1, 0.15) is 19.8 Å². The Kier molecular flexibility index (Phi) is 7.80. The Balaban J connectivity index is 1.55. The molecule has 0 spiro atoms. The Morgan fingerprint density at radius 3 is 2.53 bits per heavy atom. The fourth-order valence-electron chi connectivity index (χ4n) is 3.71. The molecule has 8 nitrogen and oxygen atoms in total. The lowest BCUT2D eigenvalue weighted by Crippen LogP contribution is -2.40. The molecule has 13 heteroatoms. The van der Waals surface area contributed by atoms with Crippen LogP contribution in [-0.4, -0.2) is 48.9 Å². The van der Waals surface area contributed by atoms with Crippen molar-refractivity contribution in [2.24, 2.45) is 10.9 Å². The van der Waals surface area contributed by atoms with Gasteiger partial charge < -0.3 is 9.30 Å². The molecule has 3 heterocycles. The molecule has 2 aromatic heterocycles. The van der Waals surface area contributed by atoms with E-state index in [0.29, 0.717) is 27.0 Å². The summed E-state index contributed by atoms with van der Waals surface area (Å²) in [5, 5.41) is 0.538. The second kappa shape index (κ2) is 10.5. The first kappa shape index (κ1) is 25.3. The highest BCUT2D eigenvalue weighted by atomic mass is 35.5. The third-order valence-electron chi connectivity index (χ3n) is 5.39. The number of thiophene rings is 1. The van der Waals surface area contributed by atoms with Gasteiger partial charge in [-0.05, 0) is 50.1 Å². The molecule has 0 radical (unpaired) electrons. The monoisotopic (exact) mass is 561 g/mol. The van der Waals surface area contributed by atoms with E-state index >= 15 is 0 Å². The highest BCUT2D eigenvalue weighted by Gasteiger charge is 2.33. The minimum Gasteiger partial charge on any atom is -0.465 e. The first-order valence-electron chi connectivity index (χ1n) is 10.5. The van der Waals surface area contributed by atoms with Gasteiger partial charge in [0.15, 0.2) is 4.80 Å². The molecule has 1 amide bonds. The van der Waals surface area contributed by atoms with Crippen molar-refractivity contribution in [2.75, 3.05) is 19.7 Å². The summed E-state index contributed by atoms with van der Waals surface area (Å²) in [4.78, 5) is 29.8. The molecule has 0 saturated carbocycles. The van der Waals surface area contributed by atoms with Crippen LogP contribution in [0.3, 0.4) is 0 Å². The average Bonchev–Trinajstić information content (AvgIpc) is 3.38. The van der Waals surface area contributed by atoms with Gasteiger partial charge in [-0.3, -0.25) is 9.59 Å². The number of fused-ring (bicyclic) bond motifs is 1. The summed E-state index contributed by atoms with van der Waals surface area (Å²) in [6.07, 6.45) is 0.713. The minimum absolute atomic E-state index is 0.0817. The summed E-state index contributed by atoms with van der Waals surface area (Å²) in [5.74, 6) is -1.19. The zero-order valence-corrected chi connectivity index (χ0v) is 22.0. The van der Waals surface area contributed by atoms with Gasteiger partial charge in [0.2, 0.25) is 0 Å². The van der Waals surface area contributed by atoms with Crippen molar-refractivity contribution < 1.29 is 22.7 Å². The topological polar surface area (TPSA) is 98.0 Å². The van der Waals surface area contributed by atoms with E-state index in [2.05, 4.69) is 4.99 Å². The van der Waals surface area contributed by atoms with Crippen LogP contribution in [-0.2, 0) is 30.9 Å². The normalized spacial score (nSPS) is 16.3. The smallest absolute Gasteiger partial charge is 0.326 e. The third-order valence-corrected chi connectivity index (χ3v) is 10.3. The average molecular weight is 563 g/mol. The van der Waals surface area contributed by atoms with Crippen LogP contribution >= 0.6 is 45.9 Å². The number of rotatable bonds is 6. The van der Waals surface area contributed by atoms with Gasteiger partial charge in [0.25, 0.3) is 15.9 Å². The maximum Gasteiger partial charge on any atom is 0.326 e. The SMILES string of the molecule is CCOC(=O)Cn1c(=NC(=O)C2CCN(S(=O)(=O)c3ccc(Cl)s3)CC2)sc2cc(Cl)ccc21. The molecule has 0 atom stereocenters. The number of hydrogen-bond donors (Lipinski definition) is 0. The summed E-state index contributed by atoms with van der Waals surface area (Å²) < 4.78 is 35.1. The largest absolute Gasteiger partial charge is 0.465 e. The Labute approximate surface area is 214 Å². The van der Waals surface area contributed by atoms with E-state index in [1.54, 1.807) is 35.8 Å². The van der Waals surface area contributed by atoms with Gasteiger partial charge in [-0.25, -0.2) is 8.42 Å². The van der Waals surface area contributed by atoms with E-state index in [-0.39, 0.29) is 36.4 Å². The lowest BCUT2D eigenvalue weighted by Gasteiger charge is -2.29. The Morgan fingerprint density at radius 2 is 1.88 bits per heavy atom. The summed E-state index contributed by atoms with van der Waals surface area (Å²) in [5.41, 5.74) is 0.726. The summed E-state index contributed by atoms with van der Waals surface area (Å²) in [7, 11) is -3.64. The Bertz CT molecular complexity index is 1400. The fraction of sp³-hybridized carbons (Fsp3) is 0.381. The molecule has 0 N–H and O–H groups in total. The molecule has 1 fully saturated rings. The standard InChI is InChI=1S/C21H21Cl2N3O5S3/c1-2-31-18(27)12-26-15-4-3-14(22)11-16(15)32-21(26)24-20(28)13-7-9-25(10-8-13)34(29,30)19-6-5-17(23)33-19/h3-6,11,13H,2,7-10,12H2,1H3. The van der Waals surface area contributed by atoms with Gasteiger partial charge in [-0.1, -0.05) is 34.5 Å². The third kappa shape index (κ3) is 5.39. The number of halogens is 2. The van der Waals surface area contributed by atoms with Crippen LogP contribution in [0.5, 0.6) is 0 Å². The lowest BCUT2D eigenvalue weighted by molar-refractivity contribution is -0.143. The number of carbonyl (C=O) groups excluding carboxylic acids is 2. The molecular weight excluding hydrogens is 541 g/mol. The van der Waals surface area contributed by atoms with E-state index in [1.807, 2.05) is 0 Å². The molecule has 1 aliphatic rings. The number of ether oxygens (including phenoxy) is 1. The van der Waals surface area contributed by atoms with Crippen LogP contribution in [0.25, 0.3) is 10.2 Å². The van der Waals surface area contributed by atoms with E-state index in [1.165, 1.54) is 21.7 Å². The molecule has 3 aromatic rings. The second-order valence-electron chi connectivity index (χ2n) is 7.57. The lowest BCUT2D eigenvalue weighted by atomic mass is 9.98. The van der Waals surface area contributed by atoms with Gasteiger partial charge in [0, 0.05) is 24.0 Å². The summed E-state index contributed by atoms with van der Waals surface area (Å²) in [6, 6.07) is 8.29. The van der Waals surface area contributed by atoms with Crippen molar-refractivity contribution >= 4 is 78.0 Å². The molecule has 0 aliphatic carbocycles. The number of hydrogen-bond acceptors (Lipinski definition) is 7. The number of thiazole rings is 1. The molecule has 182 valence electrons. The van der Waals surface area contributed by atoms with Gasteiger partial charge in [-0.2, -0.15) is 9.30 Å². The summed E-state index contributed by atoms with van der Waals surface area (Å²) in [6.45, 7) is 2.32.